The molecular weight excluding hydrogens is 384 g/mol. The van der Waals surface area contributed by atoms with Gasteiger partial charge in [0.25, 0.3) is 0 Å². The van der Waals surface area contributed by atoms with Gasteiger partial charge in [0.1, 0.15) is 47.4 Å². The fourth-order valence-electron chi connectivity index (χ4n) is 2.93. The van der Waals surface area contributed by atoms with Gasteiger partial charge in [-0.3, -0.25) is 0 Å². The van der Waals surface area contributed by atoms with E-state index < -0.39 is 37.3 Å². The lowest BCUT2D eigenvalue weighted by atomic mass is 9.99. The van der Waals surface area contributed by atoms with Crippen molar-refractivity contribution in [2.75, 3.05) is 6.61 Å². The van der Waals surface area contributed by atoms with Gasteiger partial charge in [-0.1, -0.05) is 12.1 Å². The molecule has 156 valence electrons. The van der Waals surface area contributed by atoms with Gasteiger partial charge in [0.05, 0.1) is 6.61 Å². The van der Waals surface area contributed by atoms with Crippen molar-refractivity contribution in [3.63, 3.8) is 0 Å². The van der Waals surface area contributed by atoms with E-state index in [-0.39, 0.29) is 28.6 Å². The Balaban J connectivity index is 1.97. The zero-order valence-electron chi connectivity index (χ0n) is 15.2. The van der Waals surface area contributed by atoms with Crippen molar-refractivity contribution >= 4 is 11.8 Å². The molecule has 9 heteroatoms. The minimum absolute atomic E-state index is 0.0474. The summed E-state index contributed by atoms with van der Waals surface area (Å²) < 4.78 is 11.1. The van der Waals surface area contributed by atoms with Crippen LogP contribution in [0, 0.1) is 0 Å². The fraction of sp³-hybridized carbons (Fsp3) is 0.300. The summed E-state index contributed by atoms with van der Waals surface area (Å²) >= 11 is 0. The van der Waals surface area contributed by atoms with Crippen LogP contribution in [0.2, 0.25) is 0 Å². The summed E-state index contributed by atoms with van der Waals surface area (Å²) in [6, 6.07) is 9.76. The first-order valence-electron chi connectivity index (χ1n) is 8.80. The summed E-state index contributed by atoms with van der Waals surface area (Å²) in [5.41, 5.74) is 0.803. The standard InChI is InChI=1S/C20H22O9/c21-9-16-17(25)18(26)19(27)20(29-16)28-15(5-10-1-3-12(22)4-2-10)11-6-13(23)8-14(24)7-11/h1-8,16-27H,9H2/b15-5+/t16-,17-,18+,19-,20-/m1/s1. The van der Waals surface area contributed by atoms with E-state index in [0.717, 1.165) is 6.07 Å². The molecule has 2 aromatic carbocycles. The molecule has 7 N–H and O–H groups in total. The van der Waals surface area contributed by atoms with Gasteiger partial charge in [0, 0.05) is 11.6 Å². The van der Waals surface area contributed by atoms with Gasteiger partial charge < -0.3 is 45.2 Å². The first-order valence-corrected chi connectivity index (χ1v) is 8.80. The van der Waals surface area contributed by atoms with Crippen molar-refractivity contribution in [2.45, 2.75) is 30.7 Å². The van der Waals surface area contributed by atoms with Crippen LogP contribution < -0.4 is 0 Å². The van der Waals surface area contributed by atoms with Crippen molar-refractivity contribution < 1.29 is 45.2 Å². The van der Waals surface area contributed by atoms with E-state index in [1.54, 1.807) is 12.1 Å². The van der Waals surface area contributed by atoms with E-state index in [1.165, 1.54) is 30.3 Å². The minimum Gasteiger partial charge on any atom is -0.508 e. The van der Waals surface area contributed by atoms with Crippen molar-refractivity contribution in [2.24, 2.45) is 0 Å². The summed E-state index contributed by atoms with van der Waals surface area (Å²) in [5.74, 6) is -0.386. The lowest BCUT2D eigenvalue weighted by Gasteiger charge is -2.39. The van der Waals surface area contributed by atoms with Crippen LogP contribution in [0.25, 0.3) is 11.8 Å². The molecule has 29 heavy (non-hydrogen) atoms. The Hall–Kier alpha value is -2.82. The molecule has 1 saturated heterocycles. The molecule has 1 aliphatic rings. The third-order valence-corrected chi connectivity index (χ3v) is 4.47. The summed E-state index contributed by atoms with van der Waals surface area (Å²) in [6.45, 7) is -0.616. The van der Waals surface area contributed by atoms with Gasteiger partial charge in [0.15, 0.2) is 0 Å². The number of rotatable bonds is 5. The number of phenols is 3. The Morgan fingerprint density at radius 2 is 1.48 bits per heavy atom. The van der Waals surface area contributed by atoms with E-state index >= 15 is 0 Å². The molecule has 0 aromatic heterocycles. The molecule has 3 rings (SSSR count). The van der Waals surface area contributed by atoms with Gasteiger partial charge in [-0.2, -0.15) is 0 Å². The van der Waals surface area contributed by atoms with Crippen LogP contribution >= 0.6 is 0 Å². The van der Waals surface area contributed by atoms with Crippen LogP contribution in [-0.4, -0.2) is 73.1 Å². The number of aromatic hydroxyl groups is 3. The van der Waals surface area contributed by atoms with Gasteiger partial charge in [0.2, 0.25) is 6.29 Å². The second-order valence-corrected chi connectivity index (χ2v) is 6.65. The van der Waals surface area contributed by atoms with E-state index in [9.17, 15) is 35.7 Å². The SMILES string of the molecule is OC[C@H]1O[C@@H](O/C(=C/c2ccc(O)cc2)c2cc(O)cc(O)c2)[C@H](O)[C@@H](O)[C@@H]1O. The third kappa shape index (κ3) is 4.78. The Morgan fingerprint density at radius 3 is 2.07 bits per heavy atom. The Kier molecular flexibility index (Phi) is 6.26. The molecular formula is C20H22O9. The Labute approximate surface area is 165 Å². The maximum absolute atomic E-state index is 10.2. The normalized spacial score (nSPS) is 27.6. The largest absolute Gasteiger partial charge is 0.508 e. The highest BCUT2D eigenvalue weighted by atomic mass is 16.7. The molecule has 9 nitrogen and oxygen atoms in total. The lowest BCUT2D eigenvalue weighted by molar-refractivity contribution is -0.284. The molecule has 1 fully saturated rings. The number of aliphatic hydroxyl groups excluding tert-OH is 4. The first-order chi connectivity index (χ1) is 13.8. The fourth-order valence-corrected chi connectivity index (χ4v) is 2.93. The minimum atomic E-state index is -1.64. The maximum Gasteiger partial charge on any atom is 0.229 e. The quantitative estimate of drug-likeness (QED) is 0.270. The molecule has 0 saturated carbocycles. The number of phenolic OH excluding ortho intramolecular Hbond substituents is 3. The summed E-state index contributed by atoms with van der Waals surface area (Å²) in [6.07, 6.45) is -5.93. The molecule has 0 unspecified atom stereocenters. The average Bonchev–Trinajstić information content (AvgIpc) is 2.68. The molecule has 0 amide bonds. The molecule has 0 radical (unpaired) electrons. The summed E-state index contributed by atoms with van der Waals surface area (Å²) in [7, 11) is 0. The van der Waals surface area contributed by atoms with Crippen LogP contribution in [0.1, 0.15) is 11.1 Å². The molecule has 0 aliphatic carbocycles. The number of ether oxygens (including phenoxy) is 2. The van der Waals surface area contributed by atoms with E-state index in [0.29, 0.717) is 5.56 Å². The zero-order chi connectivity index (χ0) is 21.1. The van der Waals surface area contributed by atoms with Gasteiger partial charge >= 0.3 is 0 Å². The van der Waals surface area contributed by atoms with E-state index in [2.05, 4.69) is 0 Å². The zero-order valence-corrected chi connectivity index (χ0v) is 15.2. The second kappa shape index (κ2) is 8.68. The summed E-state index contributed by atoms with van der Waals surface area (Å²) in [4.78, 5) is 0. The van der Waals surface area contributed by atoms with Crippen LogP contribution in [0.3, 0.4) is 0 Å². The van der Waals surface area contributed by atoms with Gasteiger partial charge in [-0.05, 0) is 35.9 Å². The highest BCUT2D eigenvalue weighted by Gasteiger charge is 2.45. The monoisotopic (exact) mass is 406 g/mol. The van der Waals surface area contributed by atoms with Crippen LogP contribution in [-0.2, 0) is 9.47 Å². The van der Waals surface area contributed by atoms with Gasteiger partial charge in [-0.25, -0.2) is 0 Å². The van der Waals surface area contributed by atoms with Crippen LogP contribution in [0.5, 0.6) is 17.2 Å². The second-order valence-electron chi connectivity index (χ2n) is 6.65. The van der Waals surface area contributed by atoms with Crippen molar-refractivity contribution in [3.8, 4) is 17.2 Å². The predicted octanol–water partition coefficient (Wildman–Crippen LogP) is 0.118. The molecule has 0 bridgehead atoms. The van der Waals surface area contributed by atoms with Crippen molar-refractivity contribution in [1.82, 2.24) is 0 Å². The summed E-state index contributed by atoms with van der Waals surface area (Å²) in [5, 5.41) is 68.5. The number of aliphatic hydroxyl groups is 4. The lowest BCUT2D eigenvalue weighted by Crippen LogP contribution is -2.59. The van der Waals surface area contributed by atoms with Crippen LogP contribution in [0.4, 0.5) is 0 Å². The molecule has 5 atom stereocenters. The highest BCUT2D eigenvalue weighted by molar-refractivity contribution is 5.78. The highest BCUT2D eigenvalue weighted by Crippen LogP contribution is 2.32. The van der Waals surface area contributed by atoms with E-state index in [1.807, 2.05) is 0 Å². The predicted molar refractivity (Wildman–Crippen MR) is 101 cm³/mol. The third-order valence-electron chi connectivity index (χ3n) is 4.47. The molecule has 2 aromatic rings. The number of hydrogen-bond donors (Lipinski definition) is 7. The molecule has 1 aliphatic heterocycles. The van der Waals surface area contributed by atoms with E-state index in [4.69, 9.17) is 9.47 Å². The van der Waals surface area contributed by atoms with Crippen LogP contribution in [0.15, 0.2) is 42.5 Å². The Bertz CT molecular complexity index is 843. The van der Waals surface area contributed by atoms with Gasteiger partial charge in [-0.15, -0.1) is 0 Å². The average molecular weight is 406 g/mol. The number of hydrogen-bond acceptors (Lipinski definition) is 9. The topological polar surface area (TPSA) is 160 Å². The maximum atomic E-state index is 10.2. The smallest absolute Gasteiger partial charge is 0.229 e. The van der Waals surface area contributed by atoms with Crippen molar-refractivity contribution in [1.29, 1.82) is 0 Å². The van der Waals surface area contributed by atoms with Crippen molar-refractivity contribution in [3.05, 3.63) is 53.6 Å². The Morgan fingerprint density at radius 1 is 0.862 bits per heavy atom. The molecule has 1 heterocycles. The first kappa shape index (κ1) is 20.9. The molecule has 0 spiro atoms. The number of benzene rings is 2.